The molecule has 0 aliphatic rings. The van der Waals surface area contributed by atoms with Crippen LogP contribution in [-0.4, -0.2) is 12.9 Å². The summed E-state index contributed by atoms with van der Waals surface area (Å²) in [6.45, 7) is 4.00. The molecule has 3 aromatic rings. The number of benzene rings is 3. The molecule has 0 aliphatic carbocycles. The highest BCUT2D eigenvalue weighted by molar-refractivity contribution is 9.10. The third-order valence-electron chi connectivity index (χ3n) is 3.76. The Kier molecular flexibility index (Phi) is 7.70. The van der Waals surface area contributed by atoms with Crippen molar-refractivity contribution < 1.29 is 18.3 Å². The summed E-state index contributed by atoms with van der Waals surface area (Å²) in [7, 11) is 1.50. The first-order valence-electron chi connectivity index (χ1n) is 8.68. The number of ether oxygens (including phenoxy) is 1. The Morgan fingerprint density at radius 3 is 2.25 bits per heavy atom. The van der Waals surface area contributed by atoms with E-state index in [9.17, 15) is 13.6 Å². The van der Waals surface area contributed by atoms with Gasteiger partial charge in [0.2, 0.25) is 0 Å². The summed E-state index contributed by atoms with van der Waals surface area (Å²) in [5.41, 5.74) is 1.63. The summed E-state index contributed by atoms with van der Waals surface area (Å²) >= 11 is 3.35. The Hall–Kier alpha value is -2.73. The Balaban J connectivity index is 0.00000136. The van der Waals surface area contributed by atoms with E-state index in [0.29, 0.717) is 22.6 Å². The zero-order chi connectivity index (χ0) is 20.7. The monoisotopic (exact) mass is 447 g/mol. The highest BCUT2D eigenvalue weighted by Gasteiger charge is 2.15. The summed E-state index contributed by atoms with van der Waals surface area (Å²) in [5.74, 6) is -1.04. The number of methoxy groups -OCH3 is 1. The van der Waals surface area contributed by atoms with Crippen molar-refractivity contribution in [1.82, 2.24) is 0 Å². The van der Waals surface area contributed by atoms with Crippen LogP contribution in [-0.2, 0) is 0 Å². The lowest BCUT2D eigenvalue weighted by Crippen LogP contribution is -2.04. The molecular weight excluding hydrogens is 428 g/mol. The van der Waals surface area contributed by atoms with Crippen molar-refractivity contribution in [3.8, 4) is 5.75 Å². The maximum Gasteiger partial charge on any atom is 0.196 e. The lowest BCUT2D eigenvalue weighted by Gasteiger charge is -2.10. The molecule has 0 aromatic heterocycles. The molecular formula is C22H20BrF2NO2. The van der Waals surface area contributed by atoms with Crippen LogP contribution in [0.3, 0.4) is 0 Å². The van der Waals surface area contributed by atoms with E-state index in [0.717, 1.165) is 10.5 Å². The molecule has 0 radical (unpaired) electrons. The number of anilines is 2. The first-order chi connectivity index (χ1) is 13.5. The van der Waals surface area contributed by atoms with E-state index in [1.165, 1.54) is 19.2 Å². The second-order valence-corrected chi connectivity index (χ2v) is 6.42. The van der Waals surface area contributed by atoms with Crippen molar-refractivity contribution in [3.05, 3.63) is 87.9 Å². The molecule has 0 saturated heterocycles. The smallest absolute Gasteiger partial charge is 0.196 e. The van der Waals surface area contributed by atoms with Crippen LogP contribution in [0.4, 0.5) is 20.2 Å². The second-order valence-electron chi connectivity index (χ2n) is 5.50. The number of halogens is 3. The minimum absolute atomic E-state index is 0.152. The minimum atomic E-state index is -0.691. The maximum absolute atomic E-state index is 13.7. The third-order valence-corrected chi connectivity index (χ3v) is 4.26. The quantitative estimate of drug-likeness (QED) is 0.440. The predicted molar refractivity (Wildman–Crippen MR) is 112 cm³/mol. The topological polar surface area (TPSA) is 38.3 Å². The van der Waals surface area contributed by atoms with Gasteiger partial charge in [-0.3, -0.25) is 4.79 Å². The molecule has 0 heterocycles. The highest BCUT2D eigenvalue weighted by Crippen LogP contribution is 2.27. The van der Waals surface area contributed by atoms with Gasteiger partial charge in [0.15, 0.2) is 5.78 Å². The van der Waals surface area contributed by atoms with Gasteiger partial charge in [-0.05, 0) is 54.6 Å². The van der Waals surface area contributed by atoms with Gasteiger partial charge in [0.25, 0.3) is 0 Å². The molecule has 0 fully saturated rings. The largest absolute Gasteiger partial charge is 0.496 e. The van der Waals surface area contributed by atoms with Crippen molar-refractivity contribution in [2.45, 2.75) is 13.8 Å². The normalized spacial score (nSPS) is 9.93. The van der Waals surface area contributed by atoms with E-state index in [-0.39, 0.29) is 11.5 Å². The molecule has 146 valence electrons. The van der Waals surface area contributed by atoms with Crippen LogP contribution in [0.1, 0.15) is 29.8 Å². The van der Waals surface area contributed by atoms with Gasteiger partial charge in [-0.25, -0.2) is 8.78 Å². The fraction of sp³-hybridized carbons (Fsp3) is 0.136. The summed E-state index contributed by atoms with van der Waals surface area (Å²) in [4.78, 5) is 12.7. The zero-order valence-electron chi connectivity index (χ0n) is 15.7. The fourth-order valence-electron chi connectivity index (χ4n) is 2.46. The van der Waals surface area contributed by atoms with E-state index < -0.39 is 11.6 Å². The van der Waals surface area contributed by atoms with Crippen LogP contribution in [0.5, 0.6) is 5.75 Å². The molecule has 3 rings (SSSR count). The molecule has 3 aromatic carbocycles. The van der Waals surface area contributed by atoms with Crippen LogP contribution >= 0.6 is 15.9 Å². The molecule has 0 spiro atoms. The Morgan fingerprint density at radius 2 is 1.64 bits per heavy atom. The van der Waals surface area contributed by atoms with E-state index in [1.807, 2.05) is 13.8 Å². The van der Waals surface area contributed by atoms with Crippen molar-refractivity contribution in [3.63, 3.8) is 0 Å². The van der Waals surface area contributed by atoms with Gasteiger partial charge in [-0.2, -0.15) is 0 Å². The summed E-state index contributed by atoms with van der Waals surface area (Å²) < 4.78 is 32.7. The van der Waals surface area contributed by atoms with Gasteiger partial charge >= 0.3 is 0 Å². The molecule has 1 N–H and O–H groups in total. The number of hydrogen-bond acceptors (Lipinski definition) is 3. The summed E-state index contributed by atoms with van der Waals surface area (Å²) in [6, 6.07) is 15.1. The van der Waals surface area contributed by atoms with Gasteiger partial charge < -0.3 is 10.1 Å². The molecule has 0 bridgehead atoms. The van der Waals surface area contributed by atoms with Crippen molar-refractivity contribution in [2.24, 2.45) is 0 Å². The lowest BCUT2D eigenvalue weighted by molar-refractivity contribution is 0.103. The van der Waals surface area contributed by atoms with Gasteiger partial charge in [0.05, 0.1) is 18.4 Å². The van der Waals surface area contributed by atoms with Crippen LogP contribution in [0, 0.1) is 11.6 Å². The molecule has 6 heteroatoms. The highest BCUT2D eigenvalue weighted by atomic mass is 79.9. The van der Waals surface area contributed by atoms with Crippen molar-refractivity contribution in [2.75, 3.05) is 12.4 Å². The molecule has 0 aliphatic heterocycles. The standard InChI is InChI=1S/C20H14BrF2NO2.C2H6/c1-26-19-9-4-13(21)10-16(19)20(25)12-2-6-15(7-3-12)24-18-8-5-14(22)11-17(18)23;1-2/h2-11,24H,1H3;1-2H3. The van der Waals surface area contributed by atoms with E-state index in [1.54, 1.807) is 42.5 Å². The van der Waals surface area contributed by atoms with Crippen LogP contribution < -0.4 is 10.1 Å². The number of carbonyl (C=O) groups is 1. The Labute approximate surface area is 171 Å². The molecule has 0 saturated carbocycles. The maximum atomic E-state index is 13.7. The number of carbonyl (C=O) groups excluding carboxylic acids is 1. The molecule has 0 atom stereocenters. The molecule has 0 unspecified atom stereocenters. The predicted octanol–water partition coefficient (Wildman–Crippen LogP) is 6.74. The Morgan fingerprint density at radius 1 is 0.964 bits per heavy atom. The Bertz CT molecular complexity index is 959. The van der Waals surface area contributed by atoms with Crippen molar-refractivity contribution in [1.29, 1.82) is 0 Å². The van der Waals surface area contributed by atoms with Gasteiger partial charge in [0.1, 0.15) is 17.4 Å². The van der Waals surface area contributed by atoms with Gasteiger partial charge in [-0.1, -0.05) is 29.8 Å². The number of hydrogen-bond donors (Lipinski definition) is 1. The second kappa shape index (κ2) is 9.99. The van der Waals surface area contributed by atoms with E-state index in [2.05, 4.69) is 21.2 Å². The molecule has 0 amide bonds. The van der Waals surface area contributed by atoms with Crippen LogP contribution in [0.15, 0.2) is 65.1 Å². The summed E-state index contributed by atoms with van der Waals surface area (Å²) in [5, 5.41) is 2.85. The fourth-order valence-corrected chi connectivity index (χ4v) is 2.83. The lowest BCUT2D eigenvalue weighted by atomic mass is 10.0. The zero-order valence-corrected chi connectivity index (χ0v) is 17.3. The first-order valence-corrected chi connectivity index (χ1v) is 9.47. The van der Waals surface area contributed by atoms with E-state index >= 15 is 0 Å². The van der Waals surface area contributed by atoms with Gasteiger partial charge in [-0.15, -0.1) is 0 Å². The van der Waals surface area contributed by atoms with Crippen LogP contribution in [0.2, 0.25) is 0 Å². The first kappa shape index (κ1) is 21.6. The number of ketones is 1. The summed E-state index contributed by atoms with van der Waals surface area (Å²) in [6.07, 6.45) is 0. The SMILES string of the molecule is CC.COc1ccc(Br)cc1C(=O)c1ccc(Nc2ccc(F)cc2F)cc1. The third kappa shape index (κ3) is 5.16. The number of rotatable bonds is 5. The molecule has 28 heavy (non-hydrogen) atoms. The van der Waals surface area contributed by atoms with Gasteiger partial charge in [0, 0.05) is 21.8 Å². The molecule has 3 nitrogen and oxygen atoms in total. The van der Waals surface area contributed by atoms with Crippen LogP contribution in [0.25, 0.3) is 0 Å². The van der Waals surface area contributed by atoms with E-state index in [4.69, 9.17) is 4.74 Å². The average Bonchev–Trinajstić information content (AvgIpc) is 2.71. The minimum Gasteiger partial charge on any atom is -0.496 e. The average molecular weight is 448 g/mol. The van der Waals surface area contributed by atoms with Crippen molar-refractivity contribution >= 4 is 33.1 Å². The number of nitrogens with one attached hydrogen (secondary N) is 1.